The van der Waals surface area contributed by atoms with Crippen LogP contribution < -0.4 is 10.6 Å². The molecule has 90 valence electrons. The van der Waals surface area contributed by atoms with Crippen LogP contribution in [0.3, 0.4) is 0 Å². The van der Waals surface area contributed by atoms with E-state index in [1.807, 2.05) is 0 Å². The molecule has 0 aromatic heterocycles. The maximum Gasteiger partial charge on any atom is 0.225 e. The summed E-state index contributed by atoms with van der Waals surface area (Å²) in [5.74, 6) is 0.964. The van der Waals surface area contributed by atoms with E-state index in [4.69, 9.17) is 4.74 Å². The molecule has 3 aliphatic rings. The molecule has 0 aromatic rings. The lowest BCUT2D eigenvalue weighted by Gasteiger charge is -2.55. The Bertz CT molecular complexity index is 312. The second kappa shape index (κ2) is 3.44. The summed E-state index contributed by atoms with van der Waals surface area (Å²) in [6, 6.07) is 0.313. The van der Waals surface area contributed by atoms with Crippen molar-refractivity contribution in [2.45, 2.75) is 32.4 Å². The van der Waals surface area contributed by atoms with E-state index in [1.54, 1.807) is 0 Å². The minimum atomic E-state index is 0.105. The van der Waals surface area contributed by atoms with Gasteiger partial charge in [-0.2, -0.15) is 0 Å². The number of carbonyl (C=O) groups is 1. The van der Waals surface area contributed by atoms with Gasteiger partial charge in [0, 0.05) is 37.1 Å². The minimum absolute atomic E-state index is 0.105. The molecule has 2 N–H and O–H groups in total. The fourth-order valence-corrected chi connectivity index (χ4v) is 3.36. The molecule has 0 radical (unpaired) electrons. The van der Waals surface area contributed by atoms with E-state index in [-0.39, 0.29) is 17.2 Å². The van der Waals surface area contributed by atoms with Gasteiger partial charge < -0.3 is 15.4 Å². The number of rotatable bonds is 2. The topological polar surface area (TPSA) is 50.4 Å². The number of amides is 1. The summed E-state index contributed by atoms with van der Waals surface area (Å²) in [5, 5.41) is 6.35. The first-order chi connectivity index (χ1) is 7.60. The fourth-order valence-electron chi connectivity index (χ4n) is 3.36. The van der Waals surface area contributed by atoms with Crippen molar-refractivity contribution in [3.63, 3.8) is 0 Å². The average molecular weight is 224 g/mol. The maximum atomic E-state index is 11.9. The predicted molar refractivity (Wildman–Crippen MR) is 59.9 cm³/mol. The van der Waals surface area contributed by atoms with Crippen LogP contribution in [-0.4, -0.2) is 37.7 Å². The van der Waals surface area contributed by atoms with Gasteiger partial charge in [-0.15, -0.1) is 0 Å². The first-order valence-electron chi connectivity index (χ1n) is 6.23. The lowest BCUT2D eigenvalue weighted by atomic mass is 9.57. The highest BCUT2D eigenvalue weighted by Gasteiger charge is 2.60. The van der Waals surface area contributed by atoms with Crippen molar-refractivity contribution >= 4 is 5.91 Å². The van der Waals surface area contributed by atoms with Crippen molar-refractivity contribution < 1.29 is 9.53 Å². The summed E-state index contributed by atoms with van der Waals surface area (Å²) in [6.45, 7) is 6.93. The first-order valence-corrected chi connectivity index (χ1v) is 6.23. The molecule has 16 heavy (non-hydrogen) atoms. The molecule has 2 saturated heterocycles. The Morgan fingerprint density at radius 3 is 2.81 bits per heavy atom. The van der Waals surface area contributed by atoms with E-state index in [0.717, 1.165) is 26.1 Å². The van der Waals surface area contributed by atoms with Crippen molar-refractivity contribution in [1.82, 2.24) is 10.6 Å². The Morgan fingerprint density at radius 2 is 2.19 bits per heavy atom. The number of nitrogens with one attached hydrogen (secondary N) is 2. The predicted octanol–water partition coefficient (Wildman–Crippen LogP) is 0.136. The smallest absolute Gasteiger partial charge is 0.225 e. The molecular weight excluding hydrogens is 204 g/mol. The standard InChI is InChI=1S/C12H20N2O2/c1-12(2)9(8-3-4-16-10(8)12)14-11(15)7-5-13-6-7/h7-10,13H,3-6H2,1-2H3,(H,14,15). The Kier molecular flexibility index (Phi) is 2.27. The summed E-state index contributed by atoms with van der Waals surface area (Å²) in [6.07, 6.45) is 1.46. The van der Waals surface area contributed by atoms with E-state index in [2.05, 4.69) is 24.5 Å². The van der Waals surface area contributed by atoms with E-state index >= 15 is 0 Å². The van der Waals surface area contributed by atoms with Gasteiger partial charge in [0.1, 0.15) is 0 Å². The van der Waals surface area contributed by atoms with Gasteiger partial charge in [-0.25, -0.2) is 0 Å². The van der Waals surface area contributed by atoms with E-state index in [9.17, 15) is 4.79 Å². The fraction of sp³-hybridized carbons (Fsp3) is 0.917. The lowest BCUT2D eigenvalue weighted by Crippen LogP contribution is -2.68. The second-order valence-corrected chi connectivity index (χ2v) is 5.91. The van der Waals surface area contributed by atoms with Crippen LogP contribution in [0.25, 0.3) is 0 Å². The Morgan fingerprint density at radius 1 is 1.44 bits per heavy atom. The Hall–Kier alpha value is -0.610. The molecule has 4 heteroatoms. The van der Waals surface area contributed by atoms with Crippen LogP contribution in [0.1, 0.15) is 20.3 Å². The average Bonchev–Trinajstić information content (AvgIpc) is 2.57. The monoisotopic (exact) mass is 224 g/mol. The largest absolute Gasteiger partial charge is 0.377 e. The third kappa shape index (κ3) is 1.32. The molecule has 0 spiro atoms. The van der Waals surface area contributed by atoms with Gasteiger partial charge >= 0.3 is 0 Å². The first kappa shape index (κ1) is 10.5. The second-order valence-electron chi connectivity index (χ2n) is 5.91. The zero-order valence-electron chi connectivity index (χ0n) is 9.95. The van der Waals surface area contributed by atoms with Gasteiger partial charge in [0.05, 0.1) is 12.0 Å². The third-order valence-corrected chi connectivity index (χ3v) is 4.55. The van der Waals surface area contributed by atoms with Gasteiger partial charge in [-0.05, 0) is 6.42 Å². The van der Waals surface area contributed by atoms with Crippen LogP contribution in [0.15, 0.2) is 0 Å². The lowest BCUT2D eigenvalue weighted by molar-refractivity contribution is -0.142. The molecule has 0 bridgehead atoms. The van der Waals surface area contributed by atoms with Gasteiger partial charge in [-0.1, -0.05) is 13.8 Å². The minimum Gasteiger partial charge on any atom is -0.377 e. The molecule has 3 atom stereocenters. The highest BCUT2D eigenvalue weighted by Crippen LogP contribution is 2.52. The normalized spacial score (nSPS) is 40.8. The Balaban J connectivity index is 1.64. The molecule has 3 rings (SSSR count). The maximum absolute atomic E-state index is 11.9. The summed E-state index contributed by atoms with van der Waals surface area (Å²) in [4.78, 5) is 11.9. The molecule has 1 amide bonds. The summed E-state index contributed by atoms with van der Waals surface area (Å²) >= 11 is 0. The molecule has 1 aliphatic carbocycles. The highest BCUT2D eigenvalue weighted by atomic mass is 16.5. The number of carbonyl (C=O) groups excluding carboxylic acids is 1. The molecule has 2 aliphatic heterocycles. The third-order valence-electron chi connectivity index (χ3n) is 4.55. The summed E-state index contributed by atoms with van der Waals surface area (Å²) < 4.78 is 5.72. The molecule has 4 nitrogen and oxygen atoms in total. The number of hydrogen-bond acceptors (Lipinski definition) is 3. The van der Waals surface area contributed by atoms with Crippen molar-refractivity contribution in [2.24, 2.45) is 17.3 Å². The van der Waals surface area contributed by atoms with E-state index in [0.29, 0.717) is 18.1 Å². The van der Waals surface area contributed by atoms with Gasteiger partial charge in [0.15, 0.2) is 0 Å². The van der Waals surface area contributed by atoms with Crippen LogP contribution in [0.2, 0.25) is 0 Å². The molecule has 1 saturated carbocycles. The van der Waals surface area contributed by atoms with Gasteiger partial charge in [0.25, 0.3) is 0 Å². The molecule has 2 heterocycles. The van der Waals surface area contributed by atoms with Crippen LogP contribution in [-0.2, 0) is 9.53 Å². The Labute approximate surface area is 96.1 Å². The van der Waals surface area contributed by atoms with Crippen LogP contribution in [0, 0.1) is 17.3 Å². The van der Waals surface area contributed by atoms with Crippen molar-refractivity contribution in [2.75, 3.05) is 19.7 Å². The number of hydrogen-bond donors (Lipinski definition) is 2. The zero-order valence-corrected chi connectivity index (χ0v) is 9.95. The molecule has 3 unspecified atom stereocenters. The highest BCUT2D eigenvalue weighted by molar-refractivity contribution is 5.80. The van der Waals surface area contributed by atoms with E-state index in [1.165, 1.54) is 0 Å². The van der Waals surface area contributed by atoms with Crippen LogP contribution >= 0.6 is 0 Å². The van der Waals surface area contributed by atoms with Gasteiger partial charge in [0.2, 0.25) is 5.91 Å². The number of ether oxygens (including phenoxy) is 1. The SMILES string of the molecule is CC1(C)C(NC(=O)C2CNC2)C2CCOC21. The molecule has 0 aromatic carbocycles. The van der Waals surface area contributed by atoms with Gasteiger partial charge in [-0.3, -0.25) is 4.79 Å². The zero-order chi connectivity index (χ0) is 11.3. The van der Waals surface area contributed by atoms with Crippen molar-refractivity contribution in [3.8, 4) is 0 Å². The quantitative estimate of drug-likeness (QED) is 0.701. The summed E-state index contributed by atoms with van der Waals surface area (Å²) in [7, 11) is 0. The van der Waals surface area contributed by atoms with Crippen LogP contribution in [0.4, 0.5) is 0 Å². The summed E-state index contributed by atoms with van der Waals surface area (Å²) in [5.41, 5.74) is 0.105. The molecular formula is C12H20N2O2. The van der Waals surface area contributed by atoms with Crippen molar-refractivity contribution in [1.29, 1.82) is 0 Å². The van der Waals surface area contributed by atoms with Crippen LogP contribution in [0.5, 0.6) is 0 Å². The van der Waals surface area contributed by atoms with Crippen molar-refractivity contribution in [3.05, 3.63) is 0 Å². The number of fused-ring (bicyclic) bond motifs is 1. The molecule has 3 fully saturated rings. The van der Waals surface area contributed by atoms with E-state index < -0.39 is 0 Å².